The average Bonchev–Trinajstić information content (AvgIpc) is 2.47. The van der Waals surface area contributed by atoms with Crippen LogP contribution in [0.3, 0.4) is 0 Å². The molecule has 0 spiro atoms. The van der Waals surface area contributed by atoms with E-state index in [0.29, 0.717) is 13.2 Å². The average molecular weight is 184 g/mol. The van der Waals surface area contributed by atoms with Crippen molar-refractivity contribution in [2.24, 2.45) is 5.92 Å². The molecule has 3 amide bonds. The molecule has 0 bridgehead atoms. The number of hydrogen-bond acceptors (Lipinski definition) is 3. The Morgan fingerprint density at radius 3 is 2.46 bits per heavy atom. The molecular formula is C8H12N2O3. The fourth-order valence-corrected chi connectivity index (χ4v) is 1.81. The van der Waals surface area contributed by atoms with E-state index in [0.717, 1.165) is 12.8 Å². The maximum atomic E-state index is 11.2. The number of carbonyl (C=O) groups is 2. The zero-order chi connectivity index (χ0) is 9.26. The molecule has 13 heavy (non-hydrogen) atoms. The summed E-state index contributed by atoms with van der Waals surface area (Å²) >= 11 is 0. The van der Waals surface area contributed by atoms with Crippen molar-refractivity contribution in [1.29, 1.82) is 0 Å². The highest BCUT2D eigenvalue weighted by Crippen LogP contribution is 2.20. The lowest BCUT2D eigenvalue weighted by Gasteiger charge is -2.25. The molecule has 0 radical (unpaired) electrons. The Morgan fingerprint density at radius 2 is 1.92 bits per heavy atom. The lowest BCUT2D eigenvalue weighted by Crippen LogP contribution is -2.39. The van der Waals surface area contributed by atoms with E-state index in [1.807, 2.05) is 0 Å². The van der Waals surface area contributed by atoms with Crippen molar-refractivity contribution < 1.29 is 14.3 Å². The zero-order valence-electron chi connectivity index (χ0n) is 7.21. The fourth-order valence-electron chi connectivity index (χ4n) is 1.81. The van der Waals surface area contributed by atoms with Crippen LogP contribution in [0.25, 0.3) is 0 Å². The van der Waals surface area contributed by atoms with Crippen molar-refractivity contribution in [2.75, 3.05) is 13.2 Å². The van der Waals surface area contributed by atoms with Gasteiger partial charge in [-0.2, -0.15) is 0 Å². The third-order valence-corrected chi connectivity index (χ3v) is 2.54. The molecule has 2 N–H and O–H groups in total. The molecule has 0 aliphatic carbocycles. The molecule has 72 valence electrons. The van der Waals surface area contributed by atoms with Crippen LogP contribution in [0.1, 0.15) is 12.8 Å². The molecule has 0 saturated carbocycles. The first-order valence-corrected chi connectivity index (χ1v) is 4.46. The van der Waals surface area contributed by atoms with Crippen molar-refractivity contribution in [1.82, 2.24) is 10.6 Å². The van der Waals surface area contributed by atoms with E-state index in [-0.39, 0.29) is 23.9 Å². The molecule has 0 aromatic carbocycles. The number of hydrogen-bond donors (Lipinski definition) is 2. The van der Waals surface area contributed by atoms with Gasteiger partial charge in [0.25, 0.3) is 5.91 Å². The second-order valence-corrected chi connectivity index (χ2v) is 3.39. The number of carbonyl (C=O) groups excluding carboxylic acids is 2. The molecule has 2 saturated heterocycles. The van der Waals surface area contributed by atoms with E-state index < -0.39 is 0 Å². The Hall–Kier alpha value is -1.10. The van der Waals surface area contributed by atoms with E-state index in [2.05, 4.69) is 10.6 Å². The summed E-state index contributed by atoms with van der Waals surface area (Å²) in [7, 11) is 0. The van der Waals surface area contributed by atoms with E-state index in [9.17, 15) is 9.59 Å². The molecule has 2 aliphatic rings. The first kappa shape index (κ1) is 8.50. The van der Waals surface area contributed by atoms with Gasteiger partial charge >= 0.3 is 6.03 Å². The quantitative estimate of drug-likeness (QED) is 0.546. The molecular weight excluding hydrogens is 172 g/mol. The highest BCUT2D eigenvalue weighted by molar-refractivity contribution is 6.04. The Bertz CT molecular complexity index is 236. The van der Waals surface area contributed by atoms with E-state index in [1.165, 1.54) is 0 Å². The minimum absolute atomic E-state index is 0.197. The minimum Gasteiger partial charge on any atom is -0.381 e. The second-order valence-electron chi connectivity index (χ2n) is 3.39. The largest absolute Gasteiger partial charge is 0.381 e. The van der Waals surface area contributed by atoms with Crippen LogP contribution >= 0.6 is 0 Å². The summed E-state index contributed by atoms with van der Waals surface area (Å²) in [6.45, 7) is 1.37. The van der Waals surface area contributed by atoms with Crippen LogP contribution in [-0.2, 0) is 9.53 Å². The van der Waals surface area contributed by atoms with Crippen LogP contribution in [0.15, 0.2) is 0 Å². The summed E-state index contributed by atoms with van der Waals surface area (Å²) in [5, 5.41) is 4.85. The molecule has 0 aromatic rings. The topological polar surface area (TPSA) is 67.4 Å². The van der Waals surface area contributed by atoms with Gasteiger partial charge in [-0.05, 0) is 18.8 Å². The Morgan fingerprint density at radius 1 is 1.23 bits per heavy atom. The van der Waals surface area contributed by atoms with Gasteiger partial charge < -0.3 is 10.1 Å². The first-order valence-electron chi connectivity index (χ1n) is 4.46. The number of nitrogens with one attached hydrogen (secondary N) is 2. The second kappa shape index (κ2) is 3.33. The minimum atomic E-state index is -0.374. The van der Waals surface area contributed by atoms with Crippen molar-refractivity contribution in [3.63, 3.8) is 0 Å². The zero-order valence-corrected chi connectivity index (χ0v) is 7.21. The Labute approximate surface area is 75.8 Å². The van der Waals surface area contributed by atoms with Gasteiger partial charge in [-0.3, -0.25) is 10.1 Å². The predicted octanol–water partition coefficient (Wildman–Crippen LogP) is -0.379. The van der Waals surface area contributed by atoms with E-state index >= 15 is 0 Å². The summed E-state index contributed by atoms with van der Waals surface area (Å²) < 4.78 is 5.18. The smallest absolute Gasteiger partial charge is 0.322 e. The monoisotopic (exact) mass is 184 g/mol. The molecule has 2 fully saturated rings. The van der Waals surface area contributed by atoms with Crippen molar-refractivity contribution in [3.8, 4) is 0 Å². The third kappa shape index (κ3) is 1.65. The molecule has 2 heterocycles. The molecule has 5 heteroatoms. The Balaban J connectivity index is 1.99. The van der Waals surface area contributed by atoms with Gasteiger partial charge in [-0.25, -0.2) is 4.79 Å². The van der Waals surface area contributed by atoms with Gasteiger partial charge in [0.05, 0.1) is 0 Å². The van der Waals surface area contributed by atoms with Gasteiger partial charge in [0, 0.05) is 13.2 Å². The normalized spacial score (nSPS) is 30.0. The van der Waals surface area contributed by atoms with Crippen LogP contribution < -0.4 is 10.6 Å². The van der Waals surface area contributed by atoms with Crippen LogP contribution in [0.5, 0.6) is 0 Å². The van der Waals surface area contributed by atoms with E-state index in [1.54, 1.807) is 0 Å². The third-order valence-electron chi connectivity index (χ3n) is 2.54. The summed E-state index contributed by atoms with van der Waals surface area (Å²) in [5.74, 6) is 0.0390. The van der Waals surface area contributed by atoms with Crippen LogP contribution in [0.2, 0.25) is 0 Å². The Kier molecular flexibility index (Phi) is 2.18. The van der Waals surface area contributed by atoms with Crippen molar-refractivity contribution in [2.45, 2.75) is 18.9 Å². The number of imide groups is 1. The highest BCUT2D eigenvalue weighted by atomic mass is 16.5. The van der Waals surface area contributed by atoms with Crippen molar-refractivity contribution in [3.05, 3.63) is 0 Å². The van der Waals surface area contributed by atoms with Gasteiger partial charge in [0.15, 0.2) is 0 Å². The summed E-state index contributed by atoms with van der Waals surface area (Å²) in [4.78, 5) is 22.1. The number of amides is 3. The number of urea groups is 1. The van der Waals surface area contributed by atoms with Gasteiger partial charge in [0.2, 0.25) is 0 Å². The van der Waals surface area contributed by atoms with Gasteiger partial charge in [-0.15, -0.1) is 0 Å². The van der Waals surface area contributed by atoms with Crippen LogP contribution in [0.4, 0.5) is 4.79 Å². The highest BCUT2D eigenvalue weighted by Gasteiger charge is 2.36. The molecule has 1 unspecified atom stereocenters. The molecule has 2 aliphatic heterocycles. The maximum Gasteiger partial charge on any atom is 0.322 e. The molecule has 0 aromatic heterocycles. The standard InChI is InChI=1S/C8H12N2O3/c11-7-6(9-8(12)10-7)5-1-3-13-4-2-5/h5-6H,1-4H2,(H2,9,10,11,12). The molecule has 5 nitrogen and oxygen atoms in total. The van der Waals surface area contributed by atoms with Crippen LogP contribution in [0, 0.1) is 5.92 Å². The lowest BCUT2D eigenvalue weighted by molar-refractivity contribution is -0.122. The first-order chi connectivity index (χ1) is 6.27. The van der Waals surface area contributed by atoms with Gasteiger partial charge in [-0.1, -0.05) is 0 Å². The van der Waals surface area contributed by atoms with Crippen molar-refractivity contribution >= 4 is 11.9 Å². The predicted molar refractivity (Wildman–Crippen MR) is 44.0 cm³/mol. The fraction of sp³-hybridized carbons (Fsp3) is 0.750. The summed E-state index contributed by atoms with van der Waals surface area (Å²) in [6, 6.07) is -0.710. The molecule has 2 rings (SSSR count). The summed E-state index contributed by atoms with van der Waals surface area (Å²) in [6.07, 6.45) is 1.69. The number of ether oxygens (including phenoxy) is 1. The van der Waals surface area contributed by atoms with Gasteiger partial charge in [0.1, 0.15) is 6.04 Å². The van der Waals surface area contributed by atoms with E-state index in [4.69, 9.17) is 4.74 Å². The summed E-state index contributed by atoms with van der Waals surface area (Å²) in [5.41, 5.74) is 0. The number of rotatable bonds is 1. The maximum absolute atomic E-state index is 11.2. The SMILES string of the molecule is O=C1NC(=O)C(C2CCOCC2)N1. The lowest BCUT2D eigenvalue weighted by atomic mass is 9.92. The molecule has 1 atom stereocenters. The van der Waals surface area contributed by atoms with Crippen LogP contribution in [-0.4, -0.2) is 31.2 Å².